The Morgan fingerprint density at radius 3 is 2.79 bits per heavy atom. The molecule has 19 heavy (non-hydrogen) atoms. The molecule has 1 fully saturated rings. The number of hydrogen-bond acceptors (Lipinski definition) is 3. The molecular formula is C16H26N2O. The van der Waals surface area contributed by atoms with E-state index in [-0.39, 0.29) is 0 Å². The van der Waals surface area contributed by atoms with Crippen LogP contribution in [0.2, 0.25) is 0 Å². The molecule has 0 bridgehead atoms. The zero-order chi connectivity index (χ0) is 13.8. The van der Waals surface area contributed by atoms with Gasteiger partial charge in [-0.25, -0.2) is 0 Å². The van der Waals surface area contributed by atoms with Crippen molar-refractivity contribution in [3.63, 3.8) is 0 Å². The smallest absolute Gasteiger partial charge is 0.121 e. The Bertz CT molecular complexity index is 419. The highest BCUT2D eigenvalue weighted by Crippen LogP contribution is 2.29. The number of ether oxygens (including phenoxy) is 1. The van der Waals surface area contributed by atoms with Crippen LogP contribution in [-0.2, 0) is 0 Å². The van der Waals surface area contributed by atoms with Crippen LogP contribution < -0.4 is 15.0 Å². The van der Waals surface area contributed by atoms with Gasteiger partial charge in [0.2, 0.25) is 0 Å². The molecule has 2 unspecified atom stereocenters. The number of anilines is 1. The van der Waals surface area contributed by atoms with Crippen molar-refractivity contribution in [1.82, 2.24) is 5.32 Å². The summed E-state index contributed by atoms with van der Waals surface area (Å²) in [7, 11) is 1.73. The van der Waals surface area contributed by atoms with Gasteiger partial charge in [0, 0.05) is 24.3 Å². The summed E-state index contributed by atoms with van der Waals surface area (Å²) < 4.78 is 5.33. The first kappa shape index (κ1) is 14.2. The van der Waals surface area contributed by atoms with E-state index in [1.165, 1.54) is 24.1 Å². The fourth-order valence-electron chi connectivity index (χ4n) is 3.07. The van der Waals surface area contributed by atoms with Crippen LogP contribution in [0.4, 0.5) is 5.69 Å². The molecule has 3 heteroatoms. The van der Waals surface area contributed by atoms with E-state index in [9.17, 15) is 0 Å². The summed E-state index contributed by atoms with van der Waals surface area (Å²) in [6.45, 7) is 8.81. The standard InChI is InChI=1S/C16H26N2O/c1-5-17-14-8-9-18(13(3)11-14)15-6-7-16(19-4)12(2)10-15/h6-7,10,13-14,17H,5,8-9,11H2,1-4H3. The third-order valence-corrected chi connectivity index (χ3v) is 4.08. The lowest BCUT2D eigenvalue weighted by atomic mass is 9.97. The van der Waals surface area contributed by atoms with Crippen molar-refractivity contribution in [2.75, 3.05) is 25.1 Å². The van der Waals surface area contributed by atoms with Gasteiger partial charge in [-0.2, -0.15) is 0 Å². The molecule has 2 atom stereocenters. The molecule has 0 aromatic heterocycles. The van der Waals surface area contributed by atoms with Crippen molar-refractivity contribution < 1.29 is 4.74 Å². The molecule has 1 heterocycles. The summed E-state index contributed by atoms with van der Waals surface area (Å²) in [6.07, 6.45) is 2.45. The van der Waals surface area contributed by atoms with Gasteiger partial charge in [0.1, 0.15) is 5.75 Å². The van der Waals surface area contributed by atoms with E-state index in [0.29, 0.717) is 12.1 Å². The maximum Gasteiger partial charge on any atom is 0.121 e. The van der Waals surface area contributed by atoms with Crippen molar-refractivity contribution in [1.29, 1.82) is 0 Å². The number of hydrogen-bond donors (Lipinski definition) is 1. The zero-order valence-corrected chi connectivity index (χ0v) is 12.6. The van der Waals surface area contributed by atoms with Crippen molar-refractivity contribution in [2.45, 2.75) is 45.7 Å². The maximum absolute atomic E-state index is 5.33. The van der Waals surface area contributed by atoms with Gasteiger partial charge in [0.05, 0.1) is 7.11 Å². The van der Waals surface area contributed by atoms with Crippen LogP contribution in [0.5, 0.6) is 5.75 Å². The molecule has 1 aromatic carbocycles. The van der Waals surface area contributed by atoms with Gasteiger partial charge in [-0.05, 0) is 57.0 Å². The zero-order valence-electron chi connectivity index (χ0n) is 12.6. The van der Waals surface area contributed by atoms with Crippen LogP contribution in [0.25, 0.3) is 0 Å². The van der Waals surface area contributed by atoms with E-state index < -0.39 is 0 Å². The molecule has 1 saturated heterocycles. The fraction of sp³-hybridized carbons (Fsp3) is 0.625. The van der Waals surface area contributed by atoms with Crippen LogP contribution in [0.3, 0.4) is 0 Å². The topological polar surface area (TPSA) is 24.5 Å². The number of nitrogens with zero attached hydrogens (tertiary/aromatic N) is 1. The highest BCUT2D eigenvalue weighted by atomic mass is 16.5. The number of benzene rings is 1. The van der Waals surface area contributed by atoms with E-state index in [4.69, 9.17) is 4.74 Å². The molecule has 1 aliphatic rings. The Morgan fingerprint density at radius 1 is 1.42 bits per heavy atom. The average Bonchev–Trinajstić information content (AvgIpc) is 2.39. The summed E-state index contributed by atoms with van der Waals surface area (Å²) in [5.74, 6) is 0.971. The summed E-state index contributed by atoms with van der Waals surface area (Å²) >= 11 is 0. The Hall–Kier alpha value is -1.22. The van der Waals surface area contributed by atoms with Gasteiger partial charge in [-0.1, -0.05) is 6.92 Å². The van der Waals surface area contributed by atoms with E-state index >= 15 is 0 Å². The minimum Gasteiger partial charge on any atom is -0.496 e. The number of methoxy groups -OCH3 is 1. The molecule has 3 nitrogen and oxygen atoms in total. The first-order chi connectivity index (χ1) is 9.15. The van der Waals surface area contributed by atoms with E-state index in [1.807, 2.05) is 0 Å². The second-order valence-corrected chi connectivity index (χ2v) is 5.48. The van der Waals surface area contributed by atoms with Crippen molar-refractivity contribution in [3.05, 3.63) is 23.8 Å². The second-order valence-electron chi connectivity index (χ2n) is 5.48. The molecule has 0 amide bonds. The van der Waals surface area contributed by atoms with Crippen LogP contribution in [0, 0.1) is 6.92 Å². The lowest BCUT2D eigenvalue weighted by Crippen LogP contribution is -2.47. The highest BCUT2D eigenvalue weighted by molar-refractivity contribution is 5.53. The van der Waals surface area contributed by atoms with Gasteiger partial charge in [-0.3, -0.25) is 0 Å². The van der Waals surface area contributed by atoms with E-state index in [2.05, 4.69) is 49.2 Å². The Balaban J connectivity index is 2.08. The van der Waals surface area contributed by atoms with Gasteiger partial charge in [-0.15, -0.1) is 0 Å². The molecular weight excluding hydrogens is 236 g/mol. The molecule has 0 radical (unpaired) electrons. The van der Waals surface area contributed by atoms with Gasteiger partial charge in [0.15, 0.2) is 0 Å². The van der Waals surface area contributed by atoms with E-state index in [1.54, 1.807) is 7.11 Å². The molecule has 0 saturated carbocycles. The quantitative estimate of drug-likeness (QED) is 0.903. The predicted octanol–water partition coefficient (Wildman–Crippen LogP) is 2.97. The molecule has 1 aliphatic heterocycles. The Kier molecular flexibility index (Phi) is 4.70. The first-order valence-electron chi connectivity index (χ1n) is 7.30. The maximum atomic E-state index is 5.33. The number of rotatable bonds is 4. The highest BCUT2D eigenvalue weighted by Gasteiger charge is 2.25. The summed E-state index contributed by atoms with van der Waals surface area (Å²) in [6, 6.07) is 7.76. The molecule has 2 rings (SSSR count). The summed E-state index contributed by atoms with van der Waals surface area (Å²) in [5, 5.41) is 3.57. The molecule has 106 valence electrons. The first-order valence-corrected chi connectivity index (χ1v) is 7.30. The minimum absolute atomic E-state index is 0.589. The molecule has 1 N–H and O–H groups in total. The van der Waals surface area contributed by atoms with Crippen LogP contribution >= 0.6 is 0 Å². The predicted molar refractivity (Wildman–Crippen MR) is 81.2 cm³/mol. The number of aryl methyl sites for hydroxylation is 1. The fourth-order valence-corrected chi connectivity index (χ4v) is 3.07. The Labute approximate surface area is 116 Å². The third kappa shape index (κ3) is 3.21. The SMILES string of the molecule is CCNC1CCN(c2ccc(OC)c(C)c2)C(C)C1. The summed E-state index contributed by atoms with van der Waals surface area (Å²) in [4.78, 5) is 2.51. The molecule has 0 aliphatic carbocycles. The molecule has 1 aromatic rings. The number of nitrogens with one attached hydrogen (secondary N) is 1. The van der Waals surface area contributed by atoms with Gasteiger partial charge < -0.3 is 15.0 Å². The summed E-state index contributed by atoms with van der Waals surface area (Å²) in [5.41, 5.74) is 2.53. The van der Waals surface area contributed by atoms with Crippen molar-refractivity contribution in [3.8, 4) is 5.75 Å². The third-order valence-electron chi connectivity index (χ3n) is 4.08. The lowest BCUT2D eigenvalue weighted by Gasteiger charge is -2.39. The monoisotopic (exact) mass is 262 g/mol. The lowest BCUT2D eigenvalue weighted by molar-refractivity contribution is 0.373. The van der Waals surface area contributed by atoms with Crippen LogP contribution in [0.1, 0.15) is 32.3 Å². The second kappa shape index (κ2) is 6.29. The van der Waals surface area contributed by atoms with Crippen LogP contribution in [0.15, 0.2) is 18.2 Å². The van der Waals surface area contributed by atoms with Crippen LogP contribution in [-0.4, -0.2) is 32.3 Å². The average molecular weight is 262 g/mol. The van der Waals surface area contributed by atoms with Gasteiger partial charge in [0.25, 0.3) is 0 Å². The Morgan fingerprint density at radius 2 is 2.21 bits per heavy atom. The van der Waals surface area contributed by atoms with Crippen molar-refractivity contribution in [2.24, 2.45) is 0 Å². The van der Waals surface area contributed by atoms with Crippen molar-refractivity contribution >= 4 is 5.69 Å². The number of piperidine rings is 1. The minimum atomic E-state index is 0.589. The molecule has 0 spiro atoms. The van der Waals surface area contributed by atoms with E-state index in [0.717, 1.165) is 18.8 Å². The van der Waals surface area contributed by atoms with Gasteiger partial charge >= 0.3 is 0 Å². The normalized spacial score (nSPS) is 23.5. The largest absolute Gasteiger partial charge is 0.496 e.